The molecular weight excluding hydrogens is 280 g/mol. The van der Waals surface area contributed by atoms with Gasteiger partial charge in [0.15, 0.2) is 5.75 Å². The van der Waals surface area contributed by atoms with Crippen LogP contribution in [0.5, 0.6) is 5.75 Å². The Kier molecular flexibility index (Phi) is 4.05. The second-order valence-electron chi connectivity index (χ2n) is 6.23. The number of nitrogens with zero attached hydrogens (tertiary/aromatic N) is 2. The molecule has 2 heterocycles. The van der Waals surface area contributed by atoms with Gasteiger partial charge in [-0.3, -0.25) is 4.79 Å². The summed E-state index contributed by atoms with van der Waals surface area (Å²) >= 11 is 0. The Hall–Kier alpha value is -2.04. The predicted molar refractivity (Wildman–Crippen MR) is 83.9 cm³/mol. The highest BCUT2D eigenvalue weighted by atomic mass is 16.5. The zero-order valence-electron chi connectivity index (χ0n) is 13.1. The predicted octanol–water partition coefficient (Wildman–Crippen LogP) is 2.20. The van der Waals surface area contributed by atoms with Gasteiger partial charge in [0.1, 0.15) is 6.54 Å². The van der Waals surface area contributed by atoms with E-state index < -0.39 is 0 Å². The number of carbonyl (C=O) groups excluding carboxylic acids is 2. The van der Waals surface area contributed by atoms with Crippen LogP contribution in [0.4, 0.5) is 5.69 Å². The van der Waals surface area contributed by atoms with Gasteiger partial charge in [-0.1, -0.05) is 12.1 Å². The topological polar surface area (TPSA) is 49.9 Å². The molecule has 1 aromatic carbocycles. The molecular formula is C17H22N2O3. The molecule has 0 spiro atoms. The molecule has 5 nitrogen and oxygen atoms in total. The third-order valence-corrected chi connectivity index (χ3v) is 4.56. The number of ether oxygens (including phenoxy) is 1. The molecule has 5 heteroatoms. The molecule has 0 bridgehead atoms. The Bertz CT molecular complexity index is 577. The Morgan fingerprint density at radius 3 is 2.64 bits per heavy atom. The van der Waals surface area contributed by atoms with Gasteiger partial charge in [0, 0.05) is 12.1 Å². The lowest BCUT2D eigenvalue weighted by molar-refractivity contribution is -0.136. The number of piperidine rings is 1. The lowest BCUT2D eigenvalue weighted by Gasteiger charge is -2.40. The maximum atomic E-state index is 12.7. The Labute approximate surface area is 130 Å². The van der Waals surface area contributed by atoms with Crippen LogP contribution in [-0.2, 0) is 9.59 Å². The van der Waals surface area contributed by atoms with Crippen molar-refractivity contribution in [3.63, 3.8) is 0 Å². The molecule has 1 amide bonds. The number of hydrogen-bond donors (Lipinski definition) is 0. The quantitative estimate of drug-likeness (QED) is 0.621. The van der Waals surface area contributed by atoms with Crippen molar-refractivity contribution >= 4 is 17.6 Å². The number of fused-ring (bicyclic) bond motifs is 1. The SMILES string of the molecule is CC1CCCC(C)N1C(=O)CN1CC(=O)Oc2ccccc21. The van der Waals surface area contributed by atoms with Crippen molar-refractivity contribution in [1.82, 2.24) is 4.90 Å². The Morgan fingerprint density at radius 1 is 1.23 bits per heavy atom. The van der Waals surface area contributed by atoms with E-state index in [1.165, 1.54) is 6.42 Å². The summed E-state index contributed by atoms with van der Waals surface area (Å²) in [5.74, 6) is 0.307. The van der Waals surface area contributed by atoms with Crippen molar-refractivity contribution in [2.75, 3.05) is 18.0 Å². The molecule has 3 rings (SSSR count). The molecule has 118 valence electrons. The molecule has 2 atom stereocenters. The van der Waals surface area contributed by atoms with Gasteiger partial charge in [0.25, 0.3) is 0 Å². The highest BCUT2D eigenvalue weighted by Crippen LogP contribution is 2.31. The second-order valence-corrected chi connectivity index (χ2v) is 6.23. The van der Waals surface area contributed by atoms with Crippen LogP contribution in [-0.4, -0.2) is 41.9 Å². The van der Waals surface area contributed by atoms with E-state index in [0.717, 1.165) is 18.5 Å². The normalized spacial score (nSPS) is 24.7. The average molecular weight is 302 g/mol. The number of anilines is 1. The maximum absolute atomic E-state index is 12.7. The molecule has 1 aromatic rings. The summed E-state index contributed by atoms with van der Waals surface area (Å²) in [6.07, 6.45) is 3.27. The fraction of sp³-hybridized carbons (Fsp3) is 0.529. The smallest absolute Gasteiger partial charge is 0.331 e. The fourth-order valence-corrected chi connectivity index (χ4v) is 3.50. The standard InChI is InChI=1S/C17H22N2O3/c1-12-6-5-7-13(2)19(12)16(20)10-18-11-17(21)22-15-9-4-3-8-14(15)18/h3-4,8-9,12-13H,5-7,10-11H2,1-2H3. The molecule has 0 aromatic heterocycles. The van der Waals surface area contributed by atoms with Gasteiger partial charge in [-0.25, -0.2) is 4.79 Å². The number of rotatable bonds is 2. The summed E-state index contributed by atoms with van der Waals surface area (Å²) in [6, 6.07) is 7.90. The number of benzene rings is 1. The maximum Gasteiger partial charge on any atom is 0.331 e. The molecule has 0 aliphatic carbocycles. The van der Waals surface area contributed by atoms with Gasteiger partial charge in [-0.2, -0.15) is 0 Å². The van der Waals surface area contributed by atoms with Crippen LogP contribution >= 0.6 is 0 Å². The van der Waals surface area contributed by atoms with Crippen LogP contribution in [0.1, 0.15) is 33.1 Å². The van der Waals surface area contributed by atoms with Crippen molar-refractivity contribution < 1.29 is 14.3 Å². The van der Waals surface area contributed by atoms with Crippen molar-refractivity contribution in [2.45, 2.75) is 45.2 Å². The minimum Gasteiger partial charge on any atom is -0.423 e. The summed E-state index contributed by atoms with van der Waals surface area (Å²) in [7, 11) is 0. The summed E-state index contributed by atoms with van der Waals surface area (Å²) in [5.41, 5.74) is 0.813. The van der Waals surface area contributed by atoms with Crippen molar-refractivity contribution in [3.8, 4) is 5.75 Å². The average Bonchev–Trinajstić information content (AvgIpc) is 2.46. The summed E-state index contributed by atoms with van der Waals surface area (Å²) in [5, 5.41) is 0. The number of hydrogen-bond acceptors (Lipinski definition) is 4. The summed E-state index contributed by atoms with van der Waals surface area (Å²) < 4.78 is 5.23. The van der Waals surface area contributed by atoms with E-state index in [2.05, 4.69) is 13.8 Å². The molecule has 2 unspecified atom stereocenters. The fourth-order valence-electron chi connectivity index (χ4n) is 3.50. The number of esters is 1. The zero-order valence-corrected chi connectivity index (χ0v) is 13.1. The molecule has 0 saturated carbocycles. The highest BCUT2D eigenvalue weighted by molar-refractivity contribution is 5.89. The van der Waals surface area contributed by atoms with Gasteiger partial charge in [-0.05, 0) is 45.2 Å². The third kappa shape index (κ3) is 2.80. The number of carbonyl (C=O) groups is 2. The van der Waals surface area contributed by atoms with E-state index in [1.807, 2.05) is 28.0 Å². The van der Waals surface area contributed by atoms with Crippen LogP contribution in [0.15, 0.2) is 24.3 Å². The molecule has 1 fully saturated rings. The van der Waals surface area contributed by atoms with Crippen LogP contribution < -0.4 is 9.64 Å². The van der Waals surface area contributed by atoms with E-state index in [9.17, 15) is 9.59 Å². The molecule has 2 aliphatic heterocycles. The first kappa shape index (κ1) is 14.9. The van der Waals surface area contributed by atoms with Gasteiger partial charge in [0.05, 0.1) is 12.2 Å². The molecule has 22 heavy (non-hydrogen) atoms. The second kappa shape index (κ2) is 5.99. The van der Waals surface area contributed by atoms with E-state index in [1.54, 1.807) is 6.07 Å². The Balaban J connectivity index is 1.78. The first-order valence-corrected chi connectivity index (χ1v) is 7.92. The van der Waals surface area contributed by atoms with Gasteiger partial charge in [0.2, 0.25) is 5.91 Å². The lowest BCUT2D eigenvalue weighted by Crippen LogP contribution is -2.52. The summed E-state index contributed by atoms with van der Waals surface area (Å²) in [6.45, 7) is 4.55. The summed E-state index contributed by atoms with van der Waals surface area (Å²) in [4.78, 5) is 28.3. The Morgan fingerprint density at radius 2 is 1.91 bits per heavy atom. The number of amides is 1. The van der Waals surface area contributed by atoms with E-state index in [-0.39, 0.29) is 37.0 Å². The van der Waals surface area contributed by atoms with Crippen molar-refractivity contribution in [1.29, 1.82) is 0 Å². The third-order valence-electron chi connectivity index (χ3n) is 4.56. The monoisotopic (exact) mass is 302 g/mol. The van der Waals surface area contributed by atoms with E-state index >= 15 is 0 Å². The minimum atomic E-state index is -0.314. The molecule has 0 N–H and O–H groups in total. The van der Waals surface area contributed by atoms with Crippen LogP contribution in [0.2, 0.25) is 0 Å². The van der Waals surface area contributed by atoms with Crippen LogP contribution in [0.3, 0.4) is 0 Å². The molecule has 1 saturated heterocycles. The minimum absolute atomic E-state index is 0.0872. The van der Waals surface area contributed by atoms with Crippen LogP contribution in [0, 0.1) is 0 Å². The molecule has 0 radical (unpaired) electrons. The zero-order chi connectivity index (χ0) is 15.7. The first-order chi connectivity index (χ1) is 10.6. The molecule has 2 aliphatic rings. The van der Waals surface area contributed by atoms with Crippen molar-refractivity contribution in [2.24, 2.45) is 0 Å². The van der Waals surface area contributed by atoms with Gasteiger partial charge < -0.3 is 14.5 Å². The largest absolute Gasteiger partial charge is 0.423 e. The van der Waals surface area contributed by atoms with Gasteiger partial charge >= 0.3 is 5.97 Å². The number of para-hydroxylation sites is 2. The number of likely N-dealkylation sites (tertiary alicyclic amines) is 1. The van der Waals surface area contributed by atoms with E-state index in [0.29, 0.717) is 5.75 Å². The van der Waals surface area contributed by atoms with Crippen LogP contribution in [0.25, 0.3) is 0 Å². The van der Waals surface area contributed by atoms with Gasteiger partial charge in [-0.15, -0.1) is 0 Å². The van der Waals surface area contributed by atoms with E-state index in [4.69, 9.17) is 4.74 Å². The van der Waals surface area contributed by atoms with Crippen molar-refractivity contribution in [3.05, 3.63) is 24.3 Å². The first-order valence-electron chi connectivity index (χ1n) is 7.92. The lowest BCUT2D eigenvalue weighted by atomic mass is 9.97. The highest BCUT2D eigenvalue weighted by Gasteiger charge is 2.32.